The first-order chi connectivity index (χ1) is 4.99. The van der Waals surface area contributed by atoms with Crippen LogP contribution in [0.5, 0.6) is 0 Å². The molecular weight excluding hydrogens is 176 g/mol. The standard InChI is InChI=1S/C5H9ClO5/c6-5(10)4(9)3(8)2(1-7)11-5/h2-4,7-10H,1H2/t2-,3-,4-,5-/m1/s1. The summed E-state index contributed by atoms with van der Waals surface area (Å²) in [5.74, 6) is 0. The molecule has 0 aromatic carbocycles. The van der Waals surface area contributed by atoms with Crippen molar-refractivity contribution in [2.24, 2.45) is 0 Å². The molecule has 1 heterocycles. The molecule has 4 N–H and O–H groups in total. The Balaban J connectivity index is 2.69. The molecule has 0 radical (unpaired) electrons. The van der Waals surface area contributed by atoms with Crippen LogP contribution >= 0.6 is 11.6 Å². The van der Waals surface area contributed by atoms with Gasteiger partial charge < -0.3 is 25.2 Å². The van der Waals surface area contributed by atoms with Gasteiger partial charge in [-0.3, -0.25) is 0 Å². The van der Waals surface area contributed by atoms with E-state index in [0.29, 0.717) is 0 Å². The van der Waals surface area contributed by atoms with E-state index in [4.69, 9.17) is 32.0 Å². The third kappa shape index (κ3) is 1.48. The van der Waals surface area contributed by atoms with Gasteiger partial charge in [0, 0.05) is 0 Å². The normalized spacial score (nSPS) is 51.5. The highest BCUT2D eigenvalue weighted by atomic mass is 35.5. The summed E-state index contributed by atoms with van der Waals surface area (Å²) >= 11 is 5.20. The van der Waals surface area contributed by atoms with E-state index in [2.05, 4.69) is 4.74 Å². The van der Waals surface area contributed by atoms with E-state index < -0.39 is 30.2 Å². The lowest BCUT2D eigenvalue weighted by Crippen LogP contribution is -2.38. The van der Waals surface area contributed by atoms with Crippen molar-refractivity contribution in [3.05, 3.63) is 0 Å². The first-order valence-electron chi connectivity index (χ1n) is 3.05. The average Bonchev–Trinajstić information content (AvgIpc) is 2.13. The van der Waals surface area contributed by atoms with Crippen LogP contribution in [0.4, 0.5) is 0 Å². The van der Waals surface area contributed by atoms with Crippen molar-refractivity contribution >= 4 is 11.6 Å². The fourth-order valence-corrected chi connectivity index (χ4v) is 1.15. The number of hydrogen-bond acceptors (Lipinski definition) is 5. The number of alkyl halides is 1. The van der Waals surface area contributed by atoms with Gasteiger partial charge in [-0.25, -0.2) is 0 Å². The zero-order valence-electron chi connectivity index (χ0n) is 5.51. The second kappa shape index (κ2) is 2.85. The molecule has 4 atom stereocenters. The number of aliphatic hydroxyl groups is 4. The molecule has 0 saturated carbocycles. The quantitative estimate of drug-likeness (QED) is 0.354. The summed E-state index contributed by atoms with van der Waals surface area (Å²) in [6.07, 6.45) is -3.99. The van der Waals surface area contributed by atoms with Crippen LogP contribution in [0, 0.1) is 0 Å². The van der Waals surface area contributed by atoms with Crippen LogP contribution in [0.3, 0.4) is 0 Å². The molecule has 0 spiro atoms. The van der Waals surface area contributed by atoms with Crippen molar-refractivity contribution in [2.75, 3.05) is 6.61 Å². The Morgan fingerprint density at radius 1 is 1.45 bits per heavy atom. The van der Waals surface area contributed by atoms with Crippen LogP contribution in [-0.4, -0.2) is 50.6 Å². The van der Waals surface area contributed by atoms with E-state index in [1.165, 1.54) is 0 Å². The van der Waals surface area contributed by atoms with Gasteiger partial charge in [-0.2, -0.15) is 0 Å². The van der Waals surface area contributed by atoms with E-state index in [1.807, 2.05) is 0 Å². The van der Waals surface area contributed by atoms with Crippen molar-refractivity contribution in [1.82, 2.24) is 0 Å². The van der Waals surface area contributed by atoms with Crippen molar-refractivity contribution in [3.63, 3.8) is 0 Å². The molecule has 0 aromatic rings. The third-order valence-electron chi connectivity index (χ3n) is 1.57. The SMILES string of the molecule is OC[C@H]1O[C@@](O)(Cl)[C@H](O)[C@@H]1O. The zero-order valence-corrected chi connectivity index (χ0v) is 6.27. The van der Waals surface area contributed by atoms with Crippen LogP contribution in [-0.2, 0) is 4.74 Å². The Labute approximate surface area is 67.8 Å². The van der Waals surface area contributed by atoms with Gasteiger partial charge in [-0.15, -0.1) is 0 Å². The molecule has 6 heteroatoms. The first-order valence-corrected chi connectivity index (χ1v) is 3.43. The summed E-state index contributed by atoms with van der Waals surface area (Å²) in [5, 5.41) is 33.2. The van der Waals surface area contributed by atoms with Gasteiger partial charge in [0.2, 0.25) is 0 Å². The van der Waals surface area contributed by atoms with Crippen LogP contribution < -0.4 is 0 Å². The largest absolute Gasteiger partial charge is 0.394 e. The third-order valence-corrected chi connectivity index (χ3v) is 1.88. The number of halogens is 1. The molecule has 0 amide bonds. The number of aliphatic hydroxyl groups excluding tert-OH is 3. The topological polar surface area (TPSA) is 90.2 Å². The highest BCUT2D eigenvalue weighted by Crippen LogP contribution is 2.31. The Hall–Kier alpha value is 0.0900. The maximum absolute atomic E-state index is 9.01. The fourth-order valence-electron chi connectivity index (χ4n) is 0.911. The molecule has 0 aromatic heterocycles. The van der Waals surface area contributed by atoms with Crippen molar-refractivity contribution in [1.29, 1.82) is 0 Å². The Kier molecular flexibility index (Phi) is 2.38. The highest BCUT2D eigenvalue weighted by Gasteiger charge is 2.52. The molecule has 1 rings (SSSR count). The van der Waals surface area contributed by atoms with E-state index in [0.717, 1.165) is 0 Å². The number of ether oxygens (including phenoxy) is 1. The Morgan fingerprint density at radius 2 is 2.00 bits per heavy atom. The fraction of sp³-hybridized carbons (Fsp3) is 1.00. The van der Waals surface area contributed by atoms with E-state index >= 15 is 0 Å². The Bertz CT molecular complexity index is 150. The monoisotopic (exact) mass is 184 g/mol. The lowest BCUT2D eigenvalue weighted by molar-refractivity contribution is -0.169. The second-order valence-corrected chi connectivity index (χ2v) is 2.92. The maximum Gasteiger partial charge on any atom is 0.276 e. The zero-order chi connectivity index (χ0) is 8.65. The van der Waals surface area contributed by atoms with E-state index in [1.54, 1.807) is 0 Å². The number of rotatable bonds is 1. The summed E-state index contributed by atoms with van der Waals surface area (Å²) in [6, 6.07) is 0. The van der Waals surface area contributed by atoms with Crippen molar-refractivity contribution in [3.8, 4) is 0 Å². The summed E-state index contributed by atoms with van der Waals surface area (Å²) < 4.78 is 4.49. The van der Waals surface area contributed by atoms with Gasteiger partial charge >= 0.3 is 0 Å². The second-order valence-electron chi connectivity index (χ2n) is 2.38. The molecule has 66 valence electrons. The minimum Gasteiger partial charge on any atom is -0.394 e. The molecule has 11 heavy (non-hydrogen) atoms. The number of hydrogen-bond donors (Lipinski definition) is 4. The molecule has 1 aliphatic heterocycles. The lowest BCUT2D eigenvalue weighted by atomic mass is 10.1. The summed E-state index contributed by atoms with van der Waals surface area (Å²) in [4.78, 5) is 0. The summed E-state index contributed by atoms with van der Waals surface area (Å²) in [7, 11) is 0. The minimum atomic E-state index is -2.28. The predicted molar refractivity (Wildman–Crippen MR) is 34.8 cm³/mol. The summed E-state index contributed by atoms with van der Waals surface area (Å²) in [5.41, 5.74) is 0. The molecule has 0 bridgehead atoms. The van der Waals surface area contributed by atoms with Crippen LogP contribution in [0.15, 0.2) is 0 Å². The van der Waals surface area contributed by atoms with Gasteiger partial charge in [-0.1, -0.05) is 11.6 Å². The van der Waals surface area contributed by atoms with Gasteiger partial charge in [0.1, 0.15) is 12.2 Å². The van der Waals surface area contributed by atoms with E-state index in [9.17, 15) is 0 Å². The van der Waals surface area contributed by atoms with E-state index in [-0.39, 0.29) is 0 Å². The molecule has 0 unspecified atom stereocenters. The van der Waals surface area contributed by atoms with Crippen LogP contribution in [0.25, 0.3) is 0 Å². The molecule has 5 nitrogen and oxygen atoms in total. The average molecular weight is 185 g/mol. The van der Waals surface area contributed by atoms with Gasteiger partial charge in [0.05, 0.1) is 6.61 Å². The van der Waals surface area contributed by atoms with Crippen molar-refractivity contribution in [2.45, 2.75) is 23.6 Å². The minimum absolute atomic E-state index is 0.507. The Morgan fingerprint density at radius 3 is 2.18 bits per heavy atom. The van der Waals surface area contributed by atoms with Crippen LogP contribution in [0.1, 0.15) is 0 Å². The van der Waals surface area contributed by atoms with Gasteiger partial charge in [0.15, 0.2) is 6.10 Å². The molecule has 0 aliphatic carbocycles. The maximum atomic E-state index is 9.01. The van der Waals surface area contributed by atoms with Gasteiger partial charge in [-0.05, 0) is 0 Å². The lowest BCUT2D eigenvalue weighted by Gasteiger charge is -2.16. The van der Waals surface area contributed by atoms with Crippen molar-refractivity contribution < 1.29 is 25.2 Å². The van der Waals surface area contributed by atoms with Gasteiger partial charge in [0.25, 0.3) is 5.25 Å². The molecule has 1 saturated heterocycles. The predicted octanol–water partition coefficient (Wildman–Crippen LogP) is -2.02. The molecular formula is C5H9ClO5. The molecule has 1 aliphatic rings. The smallest absolute Gasteiger partial charge is 0.276 e. The molecule has 1 fully saturated rings. The van der Waals surface area contributed by atoms with Crippen LogP contribution in [0.2, 0.25) is 0 Å². The summed E-state index contributed by atoms with van der Waals surface area (Å²) in [6.45, 7) is -0.507. The highest BCUT2D eigenvalue weighted by molar-refractivity contribution is 6.22. The first kappa shape index (κ1) is 9.18.